The van der Waals surface area contributed by atoms with Crippen LogP contribution in [0.4, 0.5) is 4.39 Å². The molecule has 0 bridgehead atoms. The highest BCUT2D eigenvalue weighted by Crippen LogP contribution is 2.31. The maximum Gasteiger partial charge on any atom is 0.333 e. The van der Waals surface area contributed by atoms with E-state index in [1.165, 1.54) is 19.1 Å². The Morgan fingerprint density at radius 3 is 2.79 bits per heavy atom. The molecule has 0 spiro atoms. The second-order valence-corrected chi connectivity index (χ2v) is 7.16. The molecule has 0 saturated carbocycles. The number of nitrogens with one attached hydrogen (secondary N) is 1. The molecule has 1 aliphatic heterocycles. The number of ether oxygens (including phenoxy) is 1. The number of carbonyl (C=O) groups is 1. The minimum absolute atomic E-state index is 0.0297. The Hall–Kier alpha value is -2.94. The predicted octanol–water partition coefficient (Wildman–Crippen LogP) is 2.07. The highest BCUT2D eigenvalue weighted by Gasteiger charge is 2.37. The number of esters is 1. The molecule has 0 aliphatic carbocycles. The van der Waals surface area contributed by atoms with Gasteiger partial charge in [0.25, 0.3) is 5.56 Å². The Morgan fingerprint density at radius 1 is 1.43 bits per heavy atom. The Bertz CT molecular complexity index is 1080. The molecular formula is C18H17ClFN3O5. The lowest BCUT2D eigenvalue weighted by Crippen LogP contribution is -2.34. The summed E-state index contributed by atoms with van der Waals surface area (Å²) in [4.78, 5) is 43.3. The first kappa shape index (κ1) is 19.8. The zero-order chi connectivity index (χ0) is 20.6. The van der Waals surface area contributed by atoms with Crippen molar-refractivity contribution in [3.8, 4) is 5.69 Å². The summed E-state index contributed by atoms with van der Waals surface area (Å²) in [6.45, 7) is 4.49. The van der Waals surface area contributed by atoms with Crippen molar-refractivity contribution in [3.63, 3.8) is 0 Å². The van der Waals surface area contributed by atoms with E-state index in [-0.39, 0.29) is 23.7 Å². The van der Waals surface area contributed by atoms with Crippen molar-refractivity contribution in [1.29, 1.82) is 0 Å². The van der Waals surface area contributed by atoms with Crippen LogP contribution in [0.3, 0.4) is 0 Å². The third kappa shape index (κ3) is 3.84. The monoisotopic (exact) mass is 409 g/mol. The Balaban J connectivity index is 2.02. The van der Waals surface area contributed by atoms with Crippen LogP contribution >= 0.6 is 11.6 Å². The summed E-state index contributed by atoms with van der Waals surface area (Å²) in [6.07, 6.45) is 0.226. The number of H-pyrrole nitrogens is 1. The maximum atomic E-state index is 14.5. The summed E-state index contributed by atoms with van der Waals surface area (Å²) in [6, 6.07) is 3.45. The number of carbonyl (C=O) groups excluding carboxylic acids is 1. The van der Waals surface area contributed by atoms with Gasteiger partial charge in [-0.3, -0.25) is 9.59 Å². The predicted molar refractivity (Wildman–Crippen MR) is 99.6 cm³/mol. The van der Waals surface area contributed by atoms with Crippen LogP contribution in [0.1, 0.15) is 31.5 Å². The van der Waals surface area contributed by atoms with Crippen molar-refractivity contribution in [2.45, 2.75) is 32.8 Å². The molecule has 1 N–H and O–H groups in total. The van der Waals surface area contributed by atoms with E-state index in [0.717, 1.165) is 6.07 Å². The summed E-state index contributed by atoms with van der Waals surface area (Å²) in [5, 5.41) is 4.01. The molecule has 1 atom stereocenters. The van der Waals surface area contributed by atoms with E-state index in [2.05, 4.69) is 10.1 Å². The number of hydrogen-bond donors (Lipinski definition) is 1. The number of halogens is 2. The molecule has 8 nitrogen and oxygen atoms in total. The van der Waals surface area contributed by atoms with E-state index in [4.69, 9.17) is 21.2 Å². The van der Waals surface area contributed by atoms with Gasteiger partial charge in [0.15, 0.2) is 5.60 Å². The molecule has 1 unspecified atom stereocenters. The summed E-state index contributed by atoms with van der Waals surface area (Å²) >= 11 is 6.16. The van der Waals surface area contributed by atoms with E-state index in [9.17, 15) is 18.8 Å². The van der Waals surface area contributed by atoms with Crippen molar-refractivity contribution >= 4 is 23.3 Å². The smallest absolute Gasteiger partial charge is 0.333 e. The molecule has 2 aromatic rings. The summed E-state index contributed by atoms with van der Waals surface area (Å²) in [5.41, 5.74) is -1.59. The number of aromatic amines is 1. The number of nitrogens with zero attached hydrogens (tertiary/aromatic N) is 2. The molecular weight excluding hydrogens is 393 g/mol. The van der Waals surface area contributed by atoms with E-state index >= 15 is 0 Å². The SMILES string of the molecule is CC(=O)OCC1(C)CC(c2cc(-n3c(=O)cc(C)[nH]c3=O)c(F)cc2Cl)=NO1. The van der Waals surface area contributed by atoms with Gasteiger partial charge in [-0.15, -0.1) is 0 Å². The van der Waals surface area contributed by atoms with Crippen LogP contribution < -0.4 is 11.2 Å². The Kier molecular flexibility index (Phi) is 5.12. The Labute approximate surface area is 163 Å². The first-order valence-corrected chi connectivity index (χ1v) is 8.68. The van der Waals surface area contributed by atoms with E-state index in [1.54, 1.807) is 13.8 Å². The molecule has 0 saturated heterocycles. The van der Waals surface area contributed by atoms with Gasteiger partial charge in [-0.1, -0.05) is 16.8 Å². The third-order valence-corrected chi connectivity index (χ3v) is 4.47. The fourth-order valence-corrected chi connectivity index (χ4v) is 3.09. The van der Waals surface area contributed by atoms with Crippen LogP contribution in [0, 0.1) is 12.7 Å². The first-order chi connectivity index (χ1) is 13.1. The van der Waals surface area contributed by atoms with Crippen LogP contribution in [-0.2, 0) is 14.4 Å². The van der Waals surface area contributed by atoms with E-state index < -0.39 is 28.6 Å². The van der Waals surface area contributed by atoms with Crippen molar-refractivity contribution in [2.75, 3.05) is 6.61 Å². The molecule has 0 radical (unpaired) electrons. The summed E-state index contributed by atoms with van der Waals surface area (Å²) in [7, 11) is 0. The largest absolute Gasteiger partial charge is 0.461 e. The zero-order valence-electron chi connectivity index (χ0n) is 15.3. The second kappa shape index (κ2) is 7.23. The van der Waals surface area contributed by atoms with Crippen molar-refractivity contribution < 1.29 is 18.8 Å². The standard InChI is InChI=1S/C18H17ClFN3O5/c1-9-4-16(25)23(17(26)21-9)15-5-11(12(19)6-13(15)20)14-7-18(3,28-22-14)8-27-10(2)24/h4-6H,7-8H2,1-3H3,(H,21,26). The van der Waals surface area contributed by atoms with Crippen LogP contribution in [-0.4, -0.2) is 33.4 Å². The first-order valence-electron chi connectivity index (χ1n) is 8.31. The average Bonchev–Trinajstić information content (AvgIpc) is 2.96. The molecule has 28 heavy (non-hydrogen) atoms. The summed E-state index contributed by atoms with van der Waals surface area (Å²) < 4.78 is 20.2. The van der Waals surface area contributed by atoms with Gasteiger partial charge in [-0.2, -0.15) is 0 Å². The minimum Gasteiger partial charge on any atom is -0.461 e. The van der Waals surface area contributed by atoms with Gasteiger partial charge in [0.1, 0.15) is 12.4 Å². The number of aryl methyl sites for hydroxylation is 1. The fraction of sp³-hybridized carbons (Fsp3) is 0.333. The van der Waals surface area contributed by atoms with Gasteiger partial charge >= 0.3 is 11.7 Å². The highest BCUT2D eigenvalue weighted by atomic mass is 35.5. The van der Waals surface area contributed by atoms with Gasteiger partial charge in [0.05, 0.1) is 16.4 Å². The van der Waals surface area contributed by atoms with Gasteiger partial charge in [0, 0.05) is 30.7 Å². The molecule has 3 rings (SSSR count). The molecule has 2 heterocycles. The molecule has 148 valence electrons. The van der Waals surface area contributed by atoms with Crippen molar-refractivity contribution in [3.05, 3.63) is 61.1 Å². The van der Waals surface area contributed by atoms with Crippen LogP contribution in [0.25, 0.3) is 5.69 Å². The number of aromatic nitrogens is 2. The number of hydrogen-bond acceptors (Lipinski definition) is 6. The maximum absolute atomic E-state index is 14.5. The van der Waals surface area contributed by atoms with Crippen LogP contribution in [0.2, 0.25) is 5.02 Å². The minimum atomic E-state index is -0.906. The lowest BCUT2D eigenvalue weighted by Gasteiger charge is -2.20. The second-order valence-electron chi connectivity index (χ2n) is 6.75. The molecule has 0 amide bonds. The van der Waals surface area contributed by atoms with E-state index in [1.807, 2.05) is 0 Å². The average molecular weight is 410 g/mol. The van der Waals surface area contributed by atoms with Crippen molar-refractivity contribution in [2.24, 2.45) is 5.16 Å². The van der Waals surface area contributed by atoms with Gasteiger partial charge in [-0.05, 0) is 26.0 Å². The van der Waals surface area contributed by atoms with Crippen molar-refractivity contribution in [1.82, 2.24) is 9.55 Å². The van der Waals surface area contributed by atoms with Gasteiger partial charge in [-0.25, -0.2) is 13.8 Å². The van der Waals surface area contributed by atoms with Crippen LogP contribution in [0.15, 0.2) is 32.9 Å². The van der Waals surface area contributed by atoms with Gasteiger partial charge < -0.3 is 14.6 Å². The van der Waals surface area contributed by atoms with Gasteiger partial charge in [0.2, 0.25) is 0 Å². The number of rotatable bonds is 4. The lowest BCUT2D eigenvalue weighted by atomic mass is 9.96. The zero-order valence-corrected chi connectivity index (χ0v) is 16.1. The highest BCUT2D eigenvalue weighted by molar-refractivity contribution is 6.34. The Morgan fingerprint density at radius 2 is 2.14 bits per heavy atom. The molecule has 10 heteroatoms. The molecule has 0 fully saturated rings. The lowest BCUT2D eigenvalue weighted by molar-refractivity contribution is -0.149. The third-order valence-electron chi connectivity index (χ3n) is 4.15. The number of oxime groups is 1. The van der Waals surface area contributed by atoms with E-state index in [0.29, 0.717) is 21.5 Å². The quantitative estimate of drug-likeness (QED) is 0.779. The summed E-state index contributed by atoms with van der Waals surface area (Å²) in [5.74, 6) is -1.30. The molecule has 1 aromatic carbocycles. The normalized spacial score (nSPS) is 18.5. The fourth-order valence-electron chi connectivity index (χ4n) is 2.83. The molecule has 1 aliphatic rings. The topological polar surface area (TPSA) is 103 Å². The van der Waals surface area contributed by atoms with Crippen LogP contribution in [0.5, 0.6) is 0 Å². The molecule has 1 aromatic heterocycles. The number of benzene rings is 1.